The number of hydrogen-bond donors (Lipinski definition) is 1. The van der Waals surface area contributed by atoms with Gasteiger partial charge in [-0.15, -0.1) is 0 Å². The minimum Gasteiger partial charge on any atom is -0.350 e. The molecule has 5 rings (SSSR count). The van der Waals surface area contributed by atoms with Crippen molar-refractivity contribution in [2.75, 3.05) is 19.4 Å². The quantitative estimate of drug-likeness (QED) is 0.326. The monoisotopic (exact) mass is 488 g/mol. The number of halogens is 3. The SMILES string of the molecule is CN(C)Cc1ccn2c(-c3ccnc(NCc4cccc(F)c4F)n3)c(-c3ccc(F)cc3)nc2c1. The molecule has 0 spiro atoms. The van der Waals surface area contributed by atoms with Crippen LogP contribution in [0, 0.1) is 17.5 Å². The lowest BCUT2D eigenvalue weighted by Gasteiger charge is -2.11. The Labute approximate surface area is 206 Å². The molecule has 36 heavy (non-hydrogen) atoms. The van der Waals surface area contributed by atoms with Crippen molar-refractivity contribution in [3.8, 4) is 22.6 Å². The summed E-state index contributed by atoms with van der Waals surface area (Å²) < 4.78 is 43.2. The minimum atomic E-state index is -0.910. The lowest BCUT2D eigenvalue weighted by atomic mass is 10.1. The maximum absolute atomic E-state index is 14.1. The highest BCUT2D eigenvalue weighted by Crippen LogP contribution is 2.32. The first-order chi connectivity index (χ1) is 17.4. The molecule has 0 aliphatic heterocycles. The molecule has 0 atom stereocenters. The lowest BCUT2D eigenvalue weighted by molar-refractivity contribution is 0.402. The van der Waals surface area contributed by atoms with Gasteiger partial charge >= 0.3 is 0 Å². The lowest BCUT2D eigenvalue weighted by Crippen LogP contribution is -2.10. The normalized spacial score (nSPS) is 11.4. The van der Waals surface area contributed by atoms with Gasteiger partial charge in [-0.3, -0.25) is 4.40 Å². The molecule has 182 valence electrons. The number of hydrogen-bond acceptors (Lipinski definition) is 5. The number of nitrogens with zero attached hydrogens (tertiary/aromatic N) is 5. The second-order valence-electron chi connectivity index (χ2n) is 8.65. The Balaban J connectivity index is 1.57. The van der Waals surface area contributed by atoms with E-state index in [0.717, 1.165) is 29.4 Å². The van der Waals surface area contributed by atoms with Gasteiger partial charge in [0.15, 0.2) is 11.6 Å². The summed E-state index contributed by atoms with van der Waals surface area (Å²) in [7, 11) is 3.99. The first kappa shape index (κ1) is 23.5. The van der Waals surface area contributed by atoms with Gasteiger partial charge in [-0.05, 0) is 68.2 Å². The van der Waals surface area contributed by atoms with E-state index in [1.807, 2.05) is 36.8 Å². The van der Waals surface area contributed by atoms with Crippen LogP contribution < -0.4 is 5.32 Å². The third-order valence-corrected chi connectivity index (χ3v) is 5.67. The van der Waals surface area contributed by atoms with Gasteiger partial charge in [-0.1, -0.05) is 12.1 Å². The molecule has 6 nitrogen and oxygen atoms in total. The summed E-state index contributed by atoms with van der Waals surface area (Å²) in [5, 5.41) is 2.96. The summed E-state index contributed by atoms with van der Waals surface area (Å²) in [5.74, 6) is -1.90. The molecule has 0 unspecified atom stereocenters. The topological polar surface area (TPSA) is 58.4 Å². The Morgan fingerprint density at radius 2 is 1.75 bits per heavy atom. The maximum Gasteiger partial charge on any atom is 0.223 e. The van der Waals surface area contributed by atoms with Crippen LogP contribution in [0.1, 0.15) is 11.1 Å². The third kappa shape index (κ3) is 4.78. The van der Waals surface area contributed by atoms with E-state index in [4.69, 9.17) is 4.98 Å². The average Bonchev–Trinajstić information content (AvgIpc) is 3.24. The average molecular weight is 489 g/mol. The van der Waals surface area contributed by atoms with Crippen LogP contribution in [-0.4, -0.2) is 38.3 Å². The first-order valence-electron chi connectivity index (χ1n) is 11.3. The van der Waals surface area contributed by atoms with E-state index in [-0.39, 0.29) is 23.9 Å². The smallest absolute Gasteiger partial charge is 0.223 e. The molecule has 5 aromatic rings. The Bertz CT molecular complexity index is 1530. The molecule has 3 heterocycles. The van der Waals surface area contributed by atoms with Crippen LogP contribution in [0.5, 0.6) is 0 Å². The zero-order chi connectivity index (χ0) is 25.2. The zero-order valence-corrected chi connectivity index (χ0v) is 19.7. The van der Waals surface area contributed by atoms with Crippen LogP contribution in [0.2, 0.25) is 0 Å². The van der Waals surface area contributed by atoms with Gasteiger partial charge in [0.25, 0.3) is 0 Å². The van der Waals surface area contributed by atoms with Crippen LogP contribution in [-0.2, 0) is 13.1 Å². The maximum atomic E-state index is 14.1. The van der Waals surface area contributed by atoms with Crippen LogP contribution in [0.4, 0.5) is 19.1 Å². The standard InChI is InChI=1S/C27H23F3N6/c1-35(2)16-17-11-13-36-23(14-17)34-25(18-6-8-20(28)9-7-18)26(36)22-10-12-31-27(33-22)32-15-19-4-3-5-21(29)24(19)30/h3-14H,15-16H2,1-2H3,(H,31,32,33). The Kier molecular flexibility index (Phi) is 6.39. The van der Waals surface area contributed by atoms with Crippen molar-refractivity contribution < 1.29 is 13.2 Å². The second-order valence-corrected chi connectivity index (χ2v) is 8.65. The van der Waals surface area contributed by atoms with E-state index in [2.05, 4.69) is 20.2 Å². The Hall–Kier alpha value is -4.24. The fourth-order valence-electron chi connectivity index (χ4n) is 4.04. The molecule has 0 bridgehead atoms. The molecule has 0 radical (unpaired) electrons. The fraction of sp³-hybridized carbons (Fsp3) is 0.148. The molecule has 0 saturated heterocycles. The second kappa shape index (κ2) is 9.79. The number of pyridine rings is 1. The number of nitrogens with one attached hydrogen (secondary N) is 1. The fourth-order valence-corrected chi connectivity index (χ4v) is 4.04. The van der Waals surface area contributed by atoms with Crippen molar-refractivity contribution in [3.05, 3.63) is 102 Å². The summed E-state index contributed by atoms with van der Waals surface area (Å²) in [5.41, 5.74) is 4.63. The van der Waals surface area contributed by atoms with E-state index < -0.39 is 11.6 Å². The van der Waals surface area contributed by atoms with Crippen LogP contribution in [0.15, 0.2) is 73.1 Å². The van der Waals surface area contributed by atoms with Crippen molar-refractivity contribution in [2.24, 2.45) is 0 Å². The van der Waals surface area contributed by atoms with Crippen molar-refractivity contribution in [1.82, 2.24) is 24.3 Å². The van der Waals surface area contributed by atoms with E-state index in [9.17, 15) is 13.2 Å². The highest BCUT2D eigenvalue weighted by Gasteiger charge is 2.18. The predicted octanol–water partition coefficient (Wildman–Crippen LogP) is 5.55. The number of aromatic nitrogens is 4. The van der Waals surface area contributed by atoms with E-state index in [1.165, 1.54) is 24.3 Å². The number of anilines is 1. The summed E-state index contributed by atoms with van der Waals surface area (Å²) in [6.45, 7) is 0.766. The van der Waals surface area contributed by atoms with Crippen molar-refractivity contribution in [3.63, 3.8) is 0 Å². The highest BCUT2D eigenvalue weighted by molar-refractivity contribution is 5.80. The minimum absolute atomic E-state index is 0.0128. The summed E-state index contributed by atoms with van der Waals surface area (Å²) in [6.07, 6.45) is 3.52. The highest BCUT2D eigenvalue weighted by atomic mass is 19.2. The number of imidazole rings is 1. The van der Waals surface area contributed by atoms with Crippen molar-refractivity contribution in [2.45, 2.75) is 13.1 Å². The zero-order valence-electron chi connectivity index (χ0n) is 19.7. The molecular formula is C27H23F3N6. The van der Waals surface area contributed by atoms with Crippen LogP contribution >= 0.6 is 0 Å². The Morgan fingerprint density at radius 3 is 2.53 bits per heavy atom. The molecule has 0 saturated carbocycles. The van der Waals surface area contributed by atoms with Gasteiger partial charge in [0.2, 0.25) is 5.95 Å². The van der Waals surface area contributed by atoms with Gasteiger partial charge in [0.05, 0.1) is 17.1 Å². The van der Waals surface area contributed by atoms with Gasteiger partial charge in [0.1, 0.15) is 11.5 Å². The molecule has 0 fully saturated rings. The van der Waals surface area contributed by atoms with Crippen molar-refractivity contribution >= 4 is 11.6 Å². The molecule has 0 amide bonds. The Morgan fingerprint density at radius 1 is 0.944 bits per heavy atom. The largest absolute Gasteiger partial charge is 0.350 e. The van der Waals surface area contributed by atoms with Crippen molar-refractivity contribution in [1.29, 1.82) is 0 Å². The van der Waals surface area contributed by atoms with Gasteiger partial charge in [-0.2, -0.15) is 0 Å². The summed E-state index contributed by atoms with van der Waals surface area (Å²) in [4.78, 5) is 15.8. The molecule has 0 aliphatic rings. The predicted molar refractivity (Wildman–Crippen MR) is 133 cm³/mol. The molecule has 0 aliphatic carbocycles. The van der Waals surface area contributed by atoms with E-state index in [0.29, 0.717) is 17.1 Å². The first-order valence-corrected chi connectivity index (χ1v) is 11.3. The van der Waals surface area contributed by atoms with E-state index in [1.54, 1.807) is 24.4 Å². The summed E-state index contributed by atoms with van der Waals surface area (Å²) >= 11 is 0. The van der Waals surface area contributed by atoms with E-state index >= 15 is 0 Å². The molecule has 3 aromatic heterocycles. The molecule has 1 N–H and O–H groups in total. The number of benzene rings is 2. The molecule has 9 heteroatoms. The number of rotatable bonds is 7. The van der Waals surface area contributed by atoms with Crippen LogP contribution in [0.25, 0.3) is 28.3 Å². The molecular weight excluding hydrogens is 465 g/mol. The third-order valence-electron chi connectivity index (χ3n) is 5.67. The van der Waals surface area contributed by atoms with Gasteiger partial charge in [0, 0.05) is 36.6 Å². The van der Waals surface area contributed by atoms with Gasteiger partial charge < -0.3 is 10.2 Å². The van der Waals surface area contributed by atoms with Gasteiger partial charge in [-0.25, -0.2) is 28.1 Å². The number of fused-ring (bicyclic) bond motifs is 1. The molecule has 2 aromatic carbocycles. The van der Waals surface area contributed by atoms with Crippen LogP contribution in [0.3, 0.4) is 0 Å². The summed E-state index contributed by atoms with van der Waals surface area (Å²) in [6, 6.07) is 15.9.